The summed E-state index contributed by atoms with van der Waals surface area (Å²) >= 11 is 7.90. The van der Waals surface area contributed by atoms with E-state index in [0.29, 0.717) is 24.6 Å². The zero-order valence-electron chi connectivity index (χ0n) is 15.4. The first-order chi connectivity index (χ1) is 13.9. The largest absolute Gasteiger partial charge is 0.454 e. The summed E-state index contributed by atoms with van der Waals surface area (Å²) in [6, 6.07) is 9.62. The van der Waals surface area contributed by atoms with Gasteiger partial charge < -0.3 is 14.8 Å². The average Bonchev–Trinajstić information content (AvgIpc) is 3.20. The topological polar surface area (TPSA) is 84.9 Å². The third kappa shape index (κ3) is 4.32. The molecule has 1 amide bonds. The fourth-order valence-corrected chi connectivity index (χ4v) is 5.91. The molecule has 7 nitrogen and oxygen atoms in total. The molecule has 1 fully saturated rings. The van der Waals surface area contributed by atoms with E-state index in [9.17, 15) is 13.2 Å². The highest BCUT2D eigenvalue weighted by Crippen LogP contribution is 2.32. The molecule has 4 rings (SSSR count). The van der Waals surface area contributed by atoms with Gasteiger partial charge in [0.15, 0.2) is 11.5 Å². The molecule has 2 heterocycles. The van der Waals surface area contributed by atoms with Crippen LogP contribution in [-0.4, -0.2) is 50.0 Å². The van der Waals surface area contributed by atoms with E-state index in [-0.39, 0.29) is 28.8 Å². The number of ether oxygens (including phenoxy) is 2. The normalized spacial score (nSPS) is 16.6. The number of hydrogen-bond donors (Lipinski definition) is 1. The molecular formula is C19H19ClN2O5S2. The molecule has 1 saturated heterocycles. The number of sulfonamides is 1. The van der Waals surface area contributed by atoms with Gasteiger partial charge in [-0.05, 0) is 35.9 Å². The van der Waals surface area contributed by atoms with Gasteiger partial charge in [-0.3, -0.25) is 4.79 Å². The number of fused-ring (bicyclic) bond motifs is 1. The molecule has 2 aromatic carbocycles. The van der Waals surface area contributed by atoms with Crippen LogP contribution in [0, 0.1) is 0 Å². The Morgan fingerprint density at radius 1 is 1.10 bits per heavy atom. The highest BCUT2D eigenvalue weighted by molar-refractivity contribution is 7.99. The lowest BCUT2D eigenvalue weighted by molar-refractivity contribution is 0.0950. The van der Waals surface area contributed by atoms with Crippen LogP contribution in [0.4, 0.5) is 0 Å². The molecule has 0 atom stereocenters. The van der Waals surface area contributed by atoms with Crippen LogP contribution >= 0.6 is 23.4 Å². The number of benzene rings is 2. The molecule has 0 bridgehead atoms. The molecule has 2 aliphatic rings. The van der Waals surface area contributed by atoms with Crippen LogP contribution in [0.5, 0.6) is 11.5 Å². The van der Waals surface area contributed by atoms with Gasteiger partial charge in [0.2, 0.25) is 16.8 Å². The number of thioether (sulfide) groups is 1. The van der Waals surface area contributed by atoms with E-state index in [1.165, 1.54) is 22.5 Å². The van der Waals surface area contributed by atoms with E-state index < -0.39 is 15.9 Å². The molecule has 29 heavy (non-hydrogen) atoms. The van der Waals surface area contributed by atoms with Crippen LogP contribution in [0.3, 0.4) is 0 Å². The summed E-state index contributed by atoms with van der Waals surface area (Å²) in [5.41, 5.74) is 0.952. The Bertz CT molecular complexity index is 1040. The standard InChI is InChI=1S/C19H19ClN2O5S2/c20-16-3-2-14(29(24,25)22-5-7-28-8-6-22)10-15(16)19(23)21-11-13-1-4-17-18(9-13)27-12-26-17/h1-4,9-10H,5-8,11-12H2,(H,21,23). The maximum absolute atomic E-state index is 12.9. The van der Waals surface area contributed by atoms with Crippen molar-refractivity contribution in [1.29, 1.82) is 0 Å². The highest BCUT2D eigenvalue weighted by atomic mass is 35.5. The van der Waals surface area contributed by atoms with Gasteiger partial charge in [-0.25, -0.2) is 8.42 Å². The minimum Gasteiger partial charge on any atom is -0.454 e. The SMILES string of the molecule is O=C(NCc1ccc2c(c1)OCO2)c1cc(S(=O)(=O)N2CCSCC2)ccc1Cl. The number of nitrogens with one attached hydrogen (secondary N) is 1. The summed E-state index contributed by atoms with van der Waals surface area (Å²) in [6.45, 7) is 1.34. The molecule has 0 radical (unpaired) electrons. The van der Waals surface area contributed by atoms with Crippen molar-refractivity contribution >= 4 is 39.3 Å². The van der Waals surface area contributed by atoms with Crippen molar-refractivity contribution < 1.29 is 22.7 Å². The summed E-state index contributed by atoms with van der Waals surface area (Å²) in [7, 11) is -3.66. The molecule has 2 aromatic rings. The molecule has 0 saturated carbocycles. The minimum atomic E-state index is -3.66. The lowest BCUT2D eigenvalue weighted by atomic mass is 10.1. The fourth-order valence-electron chi connectivity index (χ4n) is 3.10. The van der Waals surface area contributed by atoms with E-state index in [1.807, 2.05) is 6.07 Å². The van der Waals surface area contributed by atoms with Crippen molar-refractivity contribution in [2.24, 2.45) is 0 Å². The van der Waals surface area contributed by atoms with Crippen LogP contribution in [-0.2, 0) is 16.6 Å². The Kier molecular flexibility index (Phi) is 5.91. The maximum Gasteiger partial charge on any atom is 0.253 e. The summed E-state index contributed by atoms with van der Waals surface area (Å²) in [5.74, 6) is 2.37. The molecule has 154 valence electrons. The van der Waals surface area contributed by atoms with E-state index in [1.54, 1.807) is 23.9 Å². The van der Waals surface area contributed by atoms with Gasteiger partial charge in [-0.15, -0.1) is 0 Å². The third-order valence-corrected chi connectivity index (χ3v) is 7.85. The highest BCUT2D eigenvalue weighted by Gasteiger charge is 2.27. The van der Waals surface area contributed by atoms with Crippen LogP contribution in [0.2, 0.25) is 5.02 Å². The van der Waals surface area contributed by atoms with Crippen molar-refractivity contribution in [2.75, 3.05) is 31.4 Å². The van der Waals surface area contributed by atoms with Gasteiger partial charge in [0.25, 0.3) is 5.91 Å². The number of carbonyl (C=O) groups is 1. The van der Waals surface area contributed by atoms with Crippen molar-refractivity contribution in [3.63, 3.8) is 0 Å². The Labute approximate surface area is 178 Å². The van der Waals surface area contributed by atoms with E-state index in [0.717, 1.165) is 17.1 Å². The van der Waals surface area contributed by atoms with Gasteiger partial charge in [-0.1, -0.05) is 17.7 Å². The lowest BCUT2D eigenvalue weighted by Crippen LogP contribution is -2.38. The summed E-state index contributed by atoms with van der Waals surface area (Å²) < 4.78 is 37.8. The van der Waals surface area contributed by atoms with Crippen molar-refractivity contribution in [1.82, 2.24) is 9.62 Å². The predicted octanol–water partition coefficient (Wildman–Crippen LogP) is 2.74. The molecular weight excluding hydrogens is 436 g/mol. The van der Waals surface area contributed by atoms with Gasteiger partial charge in [0.1, 0.15) is 0 Å². The Hall–Kier alpha value is -1.94. The molecule has 1 N–H and O–H groups in total. The van der Waals surface area contributed by atoms with Crippen molar-refractivity contribution in [2.45, 2.75) is 11.4 Å². The van der Waals surface area contributed by atoms with E-state index in [2.05, 4.69) is 5.32 Å². The number of nitrogens with zero attached hydrogens (tertiary/aromatic N) is 1. The van der Waals surface area contributed by atoms with Gasteiger partial charge >= 0.3 is 0 Å². The second-order valence-electron chi connectivity index (χ2n) is 6.53. The summed E-state index contributed by atoms with van der Waals surface area (Å²) in [5, 5.41) is 2.97. The first-order valence-corrected chi connectivity index (χ1v) is 12.0. The molecule has 0 unspecified atom stereocenters. The monoisotopic (exact) mass is 454 g/mol. The molecule has 0 aromatic heterocycles. The quantitative estimate of drug-likeness (QED) is 0.747. The van der Waals surface area contributed by atoms with Gasteiger partial charge in [-0.2, -0.15) is 16.1 Å². The van der Waals surface area contributed by atoms with Crippen LogP contribution in [0.1, 0.15) is 15.9 Å². The first-order valence-electron chi connectivity index (χ1n) is 8.99. The van der Waals surface area contributed by atoms with Crippen molar-refractivity contribution in [3.8, 4) is 11.5 Å². The predicted molar refractivity (Wildman–Crippen MR) is 111 cm³/mol. The molecule has 2 aliphatic heterocycles. The zero-order valence-corrected chi connectivity index (χ0v) is 17.8. The summed E-state index contributed by atoms with van der Waals surface area (Å²) in [6.07, 6.45) is 0. The second-order valence-corrected chi connectivity index (χ2v) is 10.1. The Balaban J connectivity index is 1.50. The fraction of sp³-hybridized carbons (Fsp3) is 0.316. The maximum atomic E-state index is 12.9. The molecule has 10 heteroatoms. The van der Waals surface area contributed by atoms with Gasteiger partial charge in [0, 0.05) is 31.1 Å². The lowest BCUT2D eigenvalue weighted by Gasteiger charge is -2.25. The van der Waals surface area contributed by atoms with Crippen LogP contribution < -0.4 is 14.8 Å². The smallest absolute Gasteiger partial charge is 0.253 e. The molecule has 0 aliphatic carbocycles. The van der Waals surface area contributed by atoms with E-state index >= 15 is 0 Å². The zero-order chi connectivity index (χ0) is 20.4. The van der Waals surface area contributed by atoms with E-state index in [4.69, 9.17) is 21.1 Å². The number of amides is 1. The van der Waals surface area contributed by atoms with Gasteiger partial charge in [0.05, 0.1) is 15.5 Å². The van der Waals surface area contributed by atoms with Crippen molar-refractivity contribution in [3.05, 3.63) is 52.5 Å². The summed E-state index contributed by atoms with van der Waals surface area (Å²) in [4.78, 5) is 12.7. The van der Waals surface area contributed by atoms with Crippen LogP contribution in [0.25, 0.3) is 0 Å². The Morgan fingerprint density at radius 2 is 1.86 bits per heavy atom. The Morgan fingerprint density at radius 3 is 2.66 bits per heavy atom. The number of halogens is 1. The first kappa shape index (κ1) is 20.3. The number of carbonyl (C=O) groups excluding carboxylic acids is 1. The number of hydrogen-bond acceptors (Lipinski definition) is 6. The second kappa shape index (κ2) is 8.43. The number of rotatable bonds is 5. The molecule has 0 spiro atoms. The minimum absolute atomic E-state index is 0.0713. The third-order valence-electron chi connectivity index (χ3n) is 4.68. The average molecular weight is 455 g/mol. The van der Waals surface area contributed by atoms with Crippen LogP contribution in [0.15, 0.2) is 41.3 Å².